The molecule has 0 bridgehead atoms. The molecule has 1 saturated heterocycles. The van der Waals surface area contributed by atoms with Crippen LogP contribution in [0.15, 0.2) is 4.76 Å². The molecule has 1 fully saturated rings. The summed E-state index contributed by atoms with van der Waals surface area (Å²) in [7, 11) is 4.13. The van der Waals surface area contributed by atoms with Gasteiger partial charge < -0.3 is 0 Å². The molecule has 0 radical (unpaired) electrons. The molecular formula is C13H28N3O2PW. The Morgan fingerprint density at radius 2 is 1.30 bits per heavy atom. The molecular weight excluding hydrogens is 445 g/mol. The molecule has 118 valence electrons. The Labute approximate surface area is 134 Å². The van der Waals surface area contributed by atoms with E-state index >= 15 is 0 Å². The van der Waals surface area contributed by atoms with Crippen molar-refractivity contribution in [2.75, 3.05) is 27.2 Å². The van der Waals surface area contributed by atoms with Crippen molar-refractivity contribution in [1.29, 1.82) is 0 Å². The molecule has 0 amide bonds. The van der Waals surface area contributed by atoms with Crippen molar-refractivity contribution >= 4 is 11.5 Å². The zero-order valence-corrected chi connectivity index (χ0v) is 17.8. The first kappa shape index (κ1) is 18.4. The van der Waals surface area contributed by atoms with Crippen molar-refractivity contribution in [1.82, 2.24) is 9.80 Å². The summed E-state index contributed by atoms with van der Waals surface area (Å²) >= 11 is 1.26. The molecule has 7 heteroatoms. The maximum atomic E-state index is 6.25. The van der Waals surface area contributed by atoms with Gasteiger partial charge in [-0.05, 0) is 0 Å². The van der Waals surface area contributed by atoms with Gasteiger partial charge in [-0.15, -0.1) is 0 Å². The van der Waals surface area contributed by atoms with Crippen LogP contribution in [0.3, 0.4) is 0 Å². The Balaban J connectivity index is 3.11. The molecule has 0 aliphatic carbocycles. The molecule has 0 unspecified atom stereocenters. The summed E-state index contributed by atoms with van der Waals surface area (Å²) in [6, 6.07) is 0. The van der Waals surface area contributed by atoms with Crippen LogP contribution in [0.25, 0.3) is 0 Å². The van der Waals surface area contributed by atoms with Gasteiger partial charge in [0.15, 0.2) is 0 Å². The molecule has 0 spiro atoms. The fraction of sp³-hybridized carbons (Fsp3) is 0.923. The Hall–Kier alpha value is 0.308. The maximum absolute atomic E-state index is 6.25. The first-order valence-electron chi connectivity index (χ1n) is 6.85. The van der Waals surface area contributed by atoms with Crippen LogP contribution < -0.4 is 0 Å². The Morgan fingerprint density at radius 1 is 0.950 bits per heavy atom. The number of guanidine groups is 1. The van der Waals surface area contributed by atoms with Crippen molar-refractivity contribution in [3.8, 4) is 0 Å². The van der Waals surface area contributed by atoms with Gasteiger partial charge in [-0.25, -0.2) is 0 Å². The Bertz CT molecular complexity index is 394. The summed E-state index contributed by atoms with van der Waals surface area (Å²) in [6.45, 7) is 14.3. The summed E-state index contributed by atoms with van der Waals surface area (Å²) in [5, 5.41) is 0. The van der Waals surface area contributed by atoms with E-state index < -0.39 is 5.50 Å². The van der Waals surface area contributed by atoms with E-state index in [1.54, 1.807) is 0 Å². The fourth-order valence-corrected chi connectivity index (χ4v) is 9.44. The second-order valence-electron chi connectivity index (χ2n) is 7.12. The molecule has 20 heavy (non-hydrogen) atoms. The molecule has 1 heterocycles. The van der Waals surface area contributed by atoms with E-state index in [-0.39, 0.29) is 11.2 Å². The summed E-state index contributed by atoms with van der Waals surface area (Å²) in [5.41, 5.74) is -2.77. The summed E-state index contributed by atoms with van der Waals surface area (Å²) in [6.07, 6.45) is 0. The average Bonchev–Trinajstić information content (AvgIpc) is 2.42. The van der Waals surface area contributed by atoms with E-state index in [4.69, 9.17) is 13.8 Å². The van der Waals surface area contributed by atoms with Crippen LogP contribution >= 0.6 is 5.50 Å². The number of hydrogen-bond donors (Lipinski definition) is 0. The van der Waals surface area contributed by atoms with E-state index in [1.165, 1.54) is 18.8 Å². The van der Waals surface area contributed by atoms with Crippen LogP contribution in [-0.4, -0.2) is 54.1 Å². The molecule has 0 aromatic carbocycles. The van der Waals surface area contributed by atoms with Crippen LogP contribution in [0.2, 0.25) is 0 Å². The van der Waals surface area contributed by atoms with Gasteiger partial charge in [-0.1, -0.05) is 0 Å². The van der Waals surface area contributed by atoms with Crippen LogP contribution in [0, 0.1) is 0 Å². The topological polar surface area (TPSA) is 37.3 Å². The third-order valence-electron chi connectivity index (χ3n) is 2.44. The molecule has 5 nitrogen and oxygen atoms in total. The first-order chi connectivity index (χ1) is 8.81. The quantitative estimate of drug-likeness (QED) is 0.591. The average molecular weight is 473 g/mol. The second-order valence-corrected chi connectivity index (χ2v) is 13.6. The Kier molecular flexibility index (Phi) is 5.69. The van der Waals surface area contributed by atoms with Gasteiger partial charge in [0.2, 0.25) is 0 Å². The van der Waals surface area contributed by atoms with E-state index in [2.05, 4.69) is 65.4 Å². The zero-order valence-electron chi connectivity index (χ0n) is 13.9. The van der Waals surface area contributed by atoms with Crippen molar-refractivity contribution in [2.45, 2.75) is 52.7 Å². The summed E-state index contributed by atoms with van der Waals surface area (Å²) in [5.74, 6) is 0.974. The van der Waals surface area contributed by atoms with Gasteiger partial charge in [0.25, 0.3) is 0 Å². The first-order valence-corrected chi connectivity index (χ1v) is 12.3. The van der Waals surface area contributed by atoms with E-state index in [9.17, 15) is 0 Å². The fourth-order valence-electron chi connectivity index (χ4n) is 1.81. The van der Waals surface area contributed by atoms with Gasteiger partial charge in [0, 0.05) is 0 Å². The van der Waals surface area contributed by atoms with E-state index in [0.717, 1.165) is 19.0 Å². The van der Waals surface area contributed by atoms with E-state index in [1.807, 2.05) is 0 Å². The number of nitrogens with zero attached hydrogens (tertiary/aromatic N) is 3. The van der Waals surface area contributed by atoms with Crippen LogP contribution in [0.1, 0.15) is 41.5 Å². The molecule has 1 aliphatic heterocycles. The molecule has 1 rings (SSSR count). The minimum absolute atomic E-state index is 0.263. The molecule has 0 N–H and O–H groups in total. The second kappa shape index (κ2) is 6.20. The van der Waals surface area contributed by atoms with Crippen LogP contribution in [-0.2, 0) is 27.9 Å². The van der Waals surface area contributed by atoms with Crippen molar-refractivity contribution in [3.63, 3.8) is 0 Å². The SMILES string of the molecule is CN1CCN(C)C1=N[P](=[W])(OC(C)(C)C)OC(C)(C)C. The predicted octanol–water partition coefficient (Wildman–Crippen LogP) is 3.07. The van der Waals surface area contributed by atoms with Gasteiger partial charge in [-0.2, -0.15) is 0 Å². The third kappa shape index (κ3) is 5.97. The van der Waals surface area contributed by atoms with E-state index in [0.29, 0.717) is 0 Å². The summed E-state index contributed by atoms with van der Waals surface area (Å²) < 4.78 is 17.4. The monoisotopic (exact) mass is 473 g/mol. The van der Waals surface area contributed by atoms with Crippen molar-refractivity contribution in [2.24, 2.45) is 4.76 Å². The molecule has 0 saturated carbocycles. The Morgan fingerprint density at radius 3 is 1.60 bits per heavy atom. The minimum atomic E-state index is -2.25. The van der Waals surface area contributed by atoms with Crippen molar-refractivity contribution < 1.29 is 27.9 Å². The van der Waals surface area contributed by atoms with Crippen LogP contribution in [0.5, 0.6) is 0 Å². The molecule has 1 aliphatic rings. The predicted molar refractivity (Wildman–Crippen MR) is 81.3 cm³/mol. The van der Waals surface area contributed by atoms with Gasteiger partial charge >= 0.3 is 134 Å². The molecule has 0 aromatic heterocycles. The number of hydrogen-bond acceptors (Lipinski definition) is 3. The molecule has 0 atom stereocenters. The van der Waals surface area contributed by atoms with Gasteiger partial charge in [0.1, 0.15) is 0 Å². The number of likely N-dealkylation sites (N-methyl/N-ethyl adjacent to an activating group) is 2. The molecule has 0 aromatic rings. The third-order valence-corrected chi connectivity index (χ3v) is 6.91. The normalized spacial score (nSPS) is 17.9. The van der Waals surface area contributed by atoms with Gasteiger partial charge in [-0.3, -0.25) is 0 Å². The number of rotatable bonds is 3. The standard InChI is InChI=1S/C13H28N3O2P.W/c1-12(2,3)17-19(18-13(4,5)6)14-11-15(7)9-10-16(11)8;/h9-10H2,1-8H3;. The van der Waals surface area contributed by atoms with Gasteiger partial charge in [0.05, 0.1) is 0 Å². The summed E-state index contributed by atoms with van der Waals surface area (Å²) in [4.78, 5) is 4.32. The zero-order chi connectivity index (χ0) is 15.8. The van der Waals surface area contributed by atoms with Crippen molar-refractivity contribution in [3.05, 3.63) is 0 Å². The van der Waals surface area contributed by atoms with Crippen LogP contribution in [0.4, 0.5) is 0 Å².